The lowest BCUT2D eigenvalue weighted by atomic mass is 9.97. The predicted octanol–water partition coefficient (Wildman–Crippen LogP) is 5.45. The van der Waals surface area contributed by atoms with Gasteiger partial charge in [-0.3, -0.25) is 9.59 Å². The molecule has 0 radical (unpaired) electrons. The van der Waals surface area contributed by atoms with Gasteiger partial charge in [-0.1, -0.05) is 45.6 Å². The van der Waals surface area contributed by atoms with Gasteiger partial charge >= 0.3 is 0 Å². The molecule has 0 atom stereocenters. The summed E-state index contributed by atoms with van der Waals surface area (Å²) in [6.45, 7) is 13.1. The third-order valence-electron chi connectivity index (χ3n) is 4.27. The fourth-order valence-corrected chi connectivity index (χ4v) is 2.90. The molecule has 0 saturated heterocycles. The van der Waals surface area contributed by atoms with Crippen LogP contribution in [0.15, 0.2) is 42.0 Å². The Labute approximate surface area is 161 Å². The molecule has 146 valence electrons. The van der Waals surface area contributed by atoms with Crippen LogP contribution in [-0.4, -0.2) is 11.8 Å². The maximum Gasteiger partial charge on any atom is 0.256 e. The molecule has 0 bridgehead atoms. The summed E-state index contributed by atoms with van der Waals surface area (Å²) in [4.78, 5) is 24.2. The van der Waals surface area contributed by atoms with Crippen molar-refractivity contribution < 1.29 is 14.0 Å². The second kappa shape index (κ2) is 10.5. The first kappa shape index (κ1) is 22.4. The van der Waals surface area contributed by atoms with E-state index in [0.717, 1.165) is 11.1 Å². The molecule has 2 rings (SSSR count). The van der Waals surface area contributed by atoms with Crippen LogP contribution in [0.2, 0.25) is 0 Å². The Morgan fingerprint density at radius 3 is 2.59 bits per heavy atom. The van der Waals surface area contributed by atoms with Crippen molar-refractivity contribution in [3.8, 4) is 0 Å². The fourth-order valence-electron chi connectivity index (χ4n) is 2.90. The second-order valence-corrected chi connectivity index (χ2v) is 5.90. The minimum Gasteiger partial charge on any atom is -0.325 e. The summed E-state index contributed by atoms with van der Waals surface area (Å²) >= 11 is 0. The Morgan fingerprint density at radius 2 is 2.04 bits per heavy atom. The number of benzene rings is 1. The molecule has 5 heteroatoms. The Morgan fingerprint density at radius 1 is 1.37 bits per heavy atom. The summed E-state index contributed by atoms with van der Waals surface area (Å²) in [6, 6.07) is 1.60. The first-order valence-electron chi connectivity index (χ1n) is 9.34. The predicted molar refractivity (Wildman–Crippen MR) is 110 cm³/mol. The Balaban J connectivity index is 0.00000176. The number of amides is 2. The molecule has 0 aromatic heterocycles. The van der Waals surface area contributed by atoms with E-state index >= 15 is 0 Å². The molecule has 1 aromatic carbocycles. The molecule has 4 nitrogen and oxygen atoms in total. The molecule has 1 heterocycles. The van der Waals surface area contributed by atoms with E-state index in [4.69, 9.17) is 0 Å². The van der Waals surface area contributed by atoms with Crippen molar-refractivity contribution in [2.24, 2.45) is 0 Å². The number of nitrogens with one attached hydrogen (secondary N) is 2. The van der Waals surface area contributed by atoms with Crippen molar-refractivity contribution in [2.75, 3.05) is 10.6 Å². The molecule has 0 spiro atoms. The average molecular weight is 372 g/mol. The van der Waals surface area contributed by atoms with Crippen LogP contribution in [0.25, 0.3) is 0 Å². The highest BCUT2D eigenvalue weighted by atomic mass is 19.1. The van der Waals surface area contributed by atoms with Crippen LogP contribution in [0, 0.1) is 12.7 Å². The van der Waals surface area contributed by atoms with E-state index in [1.165, 1.54) is 0 Å². The van der Waals surface area contributed by atoms with Crippen LogP contribution >= 0.6 is 0 Å². The molecule has 0 aliphatic carbocycles. The van der Waals surface area contributed by atoms with E-state index in [1.54, 1.807) is 31.2 Å². The number of halogens is 1. The number of hydrogen-bond donors (Lipinski definition) is 2. The summed E-state index contributed by atoms with van der Waals surface area (Å²) in [5.74, 6) is -1.04. The summed E-state index contributed by atoms with van der Waals surface area (Å²) < 4.78 is 14.7. The molecular weight excluding hydrogens is 343 g/mol. The van der Waals surface area contributed by atoms with Crippen LogP contribution in [0.3, 0.4) is 0 Å². The molecule has 0 fully saturated rings. The van der Waals surface area contributed by atoms with Gasteiger partial charge < -0.3 is 10.6 Å². The monoisotopic (exact) mass is 372 g/mol. The smallest absolute Gasteiger partial charge is 0.256 e. The van der Waals surface area contributed by atoms with Gasteiger partial charge in [-0.2, -0.15) is 0 Å². The highest BCUT2D eigenvalue weighted by Gasteiger charge is 2.22. The molecule has 0 saturated carbocycles. The van der Waals surface area contributed by atoms with Gasteiger partial charge in [0.05, 0.1) is 5.69 Å². The first-order chi connectivity index (χ1) is 12.9. The minimum absolute atomic E-state index is 0.122. The lowest BCUT2D eigenvalue weighted by Crippen LogP contribution is -2.22. The topological polar surface area (TPSA) is 58.2 Å². The number of hydrogen-bond acceptors (Lipinski definition) is 2. The van der Waals surface area contributed by atoms with E-state index in [0.29, 0.717) is 36.1 Å². The van der Waals surface area contributed by atoms with Gasteiger partial charge in [0.2, 0.25) is 5.91 Å². The van der Waals surface area contributed by atoms with Gasteiger partial charge in [0.25, 0.3) is 5.91 Å². The molecule has 27 heavy (non-hydrogen) atoms. The van der Waals surface area contributed by atoms with Crippen molar-refractivity contribution in [3.05, 3.63) is 59.0 Å². The highest BCUT2D eigenvalue weighted by molar-refractivity contribution is 6.07. The lowest BCUT2D eigenvalue weighted by Gasteiger charge is -2.21. The van der Waals surface area contributed by atoms with Crippen molar-refractivity contribution in [1.82, 2.24) is 0 Å². The van der Waals surface area contributed by atoms with Gasteiger partial charge in [-0.05, 0) is 43.9 Å². The Hall–Kier alpha value is -2.69. The minimum atomic E-state index is -0.536. The van der Waals surface area contributed by atoms with Crippen molar-refractivity contribution in [3.63, 3.8) is 0 Å². The van der Waals surface area contributed by atoms with Crippen LogP contribution in [0.4, 0.5) is 15.8 Å². The van der Waals surface area contributed by atoms with Gasteiger partial charge in [-0.15, -0.1) is 0 Å². The zero-order valence-electron chi connectivity index (χ0n) is 16.8. The number of fused-ring (bicyclic) bond motifs is 1. The van der Waals surface area contributed by atoms with Crippen molar-refractivity contribution in [2.45, 2.75) is 53.9 Å². The van der Waals surface area contributed by atoms with E-state index in [-0.39, 0.29) is 17.5 Å². The third kappa shape index (κ3) is 5.16. The summed E-state index contributed by atoms with van der Waals surface area (Å²) in [5.41, 5.74) is 3.04. The zero-order valence-corrected chi connectivity index (χ0v) is 16.8. The SMILES string of the molecule is C=C/C(CC)=C(\C=C/C)C(=O)Nc1cc2c(c(C)c1F)NC(=O)CC2.CC. The summed E-state index contributed by atoms with van der Waals surface area (Å²) in [5, 5.41) is 5.37. The van der Waals surface area contributed by atoms with Crippen LogP contribution < -0.4 is 10.6 Å². The number of carbonyl (C=O) groups is 2. The van der Waals surface area contributed by atoms with Crippen molar-refractivity contribution >= 4 is 23.2 Å². The number of carbonyl (C=O) groups excluding carboxylic acids is 2. The lowest BCUT2D eigenvalue weighted by molar-refractivity contribution is -0.116. The van der Waals surface area contributed by atoms with E-state index in [1.807, 2.05) is 27.7 Å². The number of aryl methyl sites for hydroxylation is 1. The number of rotatable bonds is 5. The summed E-state index contributed by atoms with van der Waals surface area (Å²) in [6.07, 6.45) is 6.62. The molecule has 0 unspecified atom stereocenters. The normalized spacial score (nSPS) is 13.8. The average Bonchev–Trinajstić information content (AvgIpc) is 2.68. The van der Waals surface area contributed by atoms with Gasteiger partial charge in [0.15, 0.2) is 5.82 Å². The molecule has 1 aromatic rings. The van der Waals surface area contributed by atoms with E-state index in [2.05, 4.69) is 17.2 Å². The number of allylic oxidation sites excluding steroid dienone is 3. The molecule has 1 aliphatic rings. The Bertz CT molecular complexity index is 792. The quantitative estimate of drug-likeness (QED) is 0.533. The fraction of sp³-hybridized carbons (Fsp3) is 0.364. The second-order valence-electron chi connectivity index (χ2n) is 5.90. The maximum atomic E-state index is 14.7. The standard InChI is InChI=1S/C20H23FN2O2.C2H6/c1-5-8-15(13(6-2)7-3)20(25)22-16-11-14-9-10-17(24)23-19(14)12(4)18(16)21;1-2/h5-6,8,11H,2,7,9-10H2,1,3-4H3,(H,22,25)(H,23,24);1-2H3/b8-5-,15-13-;. The first-order valence-corrected chi connectivity index (χ1v) is 9.34. The van der Waals surface area contributed by atoms with Gasteiger partial charge in [-0.25, -0.2) is 4.39 Å². The zero-order chi connectivity index (χ0) is 20.6. The molecule has 2 amide bonds. The van der Waals surface area contributed by atoms with Crippen LogP contribution in [-0.2, 0) is 16.0 Å². The highest BCUT2D eigenvalue weighted by Crippen LogP contribution is 2.33. The van der Waals surface area contributed by atoms with E-state index < -0.39 is 5.82 Å². The van der Waals surface area contributed by atoms with E-state index in [9.17, 15) is 14.0 Å². The van der Waals surface area contributed by atoms with Gasteiger partial charge in [0, 0.05) is 23.2 Å². The summed E-state index contributed by atoms with van der Waals surface area (Å²) in [7, 11) is 0. The van der Waals surface area contributed by atoms with Crippen LogP contribution in [0.5, 0.6) is 0 Å². The molecule has 2 N–H and O–H groups in total. The maximum absolute atomic E-state index is 14.7. The van der Waals surface area contributed by atoms with Gasteiger partial charge in [0.1, 0.15) is 0 Å². The third-order valence-corrected chi connectivity index (χ3v) is 4.27. The Kier molecular flexibility index (Phi) is 8.66. The molecule has 1 aliphatic heterocycles. The number of anilines is 2. The van der Waals surface area contributed by atoms with Crippen molar-refractivity contribution in [1.29, 1.82) is 0 Å². The van der Waals surface area contributed by atoms with Crippen LogP contribution in [0.1, 0.15) is 51.7 Å². The molecular formula is C22H29FN2O2. The largest absolute Gasteiger partial charge is 0.325 e.